The van der Waals surface area contributed by atoms with Crippen molar-refractivity contribution in [1.29, 1.82) is 0 Å². The second kappa shape index (κ2) is 8.08. The first-order chi connectivity index (χ1) is 13.3. The highest BCUT2D eigenvalue weighted by molar-refractivity contribution is 6.30. The fourth-order valence-electron chi connectivity index (χ4n) is 4.18. The van der Waals surface area contributed by atoms with Gasteiger partial charge in [0.2, 0.25) is 0 Å². The summed E-state index contributed by atoms with van der Waals surface area (Å²) in [5.74, 6) is 2.44. The van der Waals surface area contributed by atoms with Crippen LogP contribution in [-0.2, 0) is 13.1 Å². The number of nitrogens with one attached hydrogen (secondary N) is 1. The summed E-state index contributed by atoms with van der Waals surface area (Å²) in [5.41, 5.74) is 5.12. The molecule has 0 amide bonds. The highest BCUT2D eigenvalue weighted by Crippen LogP contribution is 2.37. The van der Waals surface area contributed by atoms with Gasteiger partial charge < -0.3 is 5.32 Å². The van der Waals surface area contributed by atoms with E-state index >= 15 is 0 Å². The summed E-state index contributed by atoms with van der Waals surface area (Å²) in [7, 11) is 0. The molecule has 1 aliphatic carbocycles. The Bertz CT molecular complexity index is 1010. The van der Waals surface area contributed by atoms with Crippen molar-refractivity contribution in [3.63, 3.8) is 0 Å². The minimum atomic E-state index is 0. The molecule has 144 valence electrons. The highest BCUT2D eigenvalue weighted by atomic mass is 35.5. The van der Waals surface area contributed by atoms with Crippen LogP contribution >= 0.6 is 24.0 Å². The molecule has 0 fully saturated rings. The summed E-state index contributed by atoms with van der Waals surface area (Å²) in [5, 5.41) is 13.3. The number of aromatic nitrogens is 3. The van der Waals surface area contributed by atoms with Crippen molar-refractivity contribution in [1.82, 2.24) is 20.1 Å². The lowest BCUT2D eigenvalue weighted by Crippen LogP contribution is -2.13. The van der Waals surface area contributed by atoms with Crippen LogP contribution in [0.2, 0.25) is 5.02 Å². The van der Waals surface area contributed by atoms with Gasteiger partial charge >= 0.3 is 0 Å². The fraction of sp³-hybridized carbons (Fsp3) is 0.273. The van der Waals surface area contributed by atoms with Crippen molar-refractivity contribution in [3.05, 3.63) is 82.4 Å². The van der Waals surface area contributed by atoms with Crippen LogP contribution in [0.3, 0.4) is 0 Å². The van der Waals surface area contributed by atoms with Gasteiger partial charge in [0, 0.05) is 17.5 Å². The second-order valence-corrected chi connectivity index (χ2v) is 7.69. The first-order valence-electron chi connectivity index (χ1n) is 9.48. The molecule has 0 spiro atoms. The van der Waals surface area contributed by atoms with Gasteiger partial charge in [-0.15, -0.1) is 22.6 Å². The van der Waals surface area contributed by atoms with Gasteiger partial charge in [-0.1, -0.05) is 48.0 Å². The zero-order valence-corrected chi connectivity index (χ0v) is 17.0. The predicted molar refractivity (Wildman–Crippen MR) is 115 cm³/mol. The maximum Gasteiger partial charge on any atom is 0.151 e. The predicted octanol–water partition coefficient (Wildman–Crippen LogP) is 5.30. The Hall–Kier alpha value is -2.14. The van der Waals surface area contributed by atoms with E-state index in [1.165, 1.54) is 16.7 Å². The second-order valence-electron chi connectivity index (χ2n) is 7.25. The summed E-state index contributed by atoms with van der Waals surface area (Å²) < 4.78 is 2.25. The number of nitrogens with zero attached hydrogens (tertiary/aromatic N) is 3. The van der Waals surface area contributed by atoms with E-state index in [0.29, 0.717) is 5.92 Å². The van der Waals surface area contributed by atoms with Crippen LogP contribution < -0.4 is 5.32 Å². The van der Waals surface area contributed by atoms with Crippen LogP contribution in [0.15, 0.2) is 54.6 Å². The molecule has 1 atom stereocenters. The molecular formula is C22H22Cl2N4. The molecule has 0 saturated carbocycles. The first-order valence-corrected chi connectivity index (χ1v) is 9.85. The molecule has 4 nitrogen and oxygen atoms in total. The molecule has 2 aromatic carbocycles. The van der Waals surface area contributed by atoms with Crippen molar-refractivity contribution in [2.75, 3.05) is 0 Å². The van der Waals surface area contributed by atoms with E-state index in [1.54, 1.807) is 0 Å². The molecule has 1 N–H and O–H groups in total. The Morgan fingerprint density at radius 3 is 2.68 bits per heavy atom. The Morgan fingerprint density at radius 2 is 1.89 bits per heavy atom. The SMILES string of the molecule is Cl.Clc1ccc2c(c1)CNCc1nnc(C3CC=C(c4ccccc4)CC3)n1-2. The number of hydrogen-bond acceptors (Lipinski definition) is 3. The quantitative estimate of drug-likeness (QED) is 0.620. The molecule has 28 heavy (non-hydrogen) atoms. The van der Waals surface area contributed by atoms with E-state index in [2.05, 4.69) is 62.6 Å². The lowest BCUT2D eigenvalue weighted by molar-refractivity contribution is 0.576. The molecular weight excluding hydrogens is 391 g/mol. The number of allylic oxidation sites excluding steroid dienone is 2. The van der Waals surface area contributed by atoms with Gasteiger partial charge in [0.1, 0.15) is 5.82 Å². The Balaban J connectivity index is 0.00000192. The van der Waals surface area contributed by atoms with Crippen molar-refractivity contribution in [2.24, 2.45) is 0 Å². The maximum atomic E-state index is 6.22. The Kier molecular flexibility index (Phi) is 5.54. The van der Waals surface area contributed by atoms with E-state index in [9.17, 15) is 0 Å². The highest BCUT2D eigenvalue weighted by Gasteiger charge is 2.26. The van der Waals surface area contributed by atoms with Crippen molar-refractivity contribution in [3.8, 4) is 5.69 Å². The van der Waals surface area contributed by atoms with Crippen LogP contribution in [0.25, 0.3) is 11.3 Å². The van der Waals surface area contributed by atoms with Crippen molar-refractivity contribution >= 4 is 29.6 Å². The molecule has 6 heteroatoms. The summed E-state index contributed by atoms with van der Waals surface area (Å²) >= 11 is 6.22. The minimum absolute atomic E-state index is 0. The molecule has 0 radical (unpaired) electrons. The summed E-state index contributed by atoms with van der Waals surface area (Å²) in [6, 6.07) is 16.8. The van der Waals surface area contributed by atoms with Crippen LogP contribution in [-0.4, -0.2) is 14.8 Å². The molecule has 1 aliphatic heterocycles. The molecule has 2 heterocycles. The van der Waals surface area contributed by atoms with E-state index in [1.807, 2.05) is 12.1 Å². The molecule has 1 aromatic heterocycles. The van der Waals surface area contributed by atoms with Gasteiger partial charge in [-0.3, -0.25) is 4.57 Å². The average Bonchev–Trinajstić information content (AvgIpc) is 3.04. The van der Waals surface area contributed by atoms with Crippen LogP contribution in [0.5, 0.6) is 0 Å². The Labute approximate surface area is 176 Å². The van der Waals surface area contributed by atoms with E-state index < -0.39 is 0 Å². The minimum Gasteiger partial charge on any atom is -0.306 e. The van der Waals surface area contributed by atoms with Gasteiger partial charge in [0.05, 0.1) is 12.2 Å². The summed E-state index contributed by atoms with van der Waals surface area (Å²) in [6.07, 6.45) is 5.54. The third-order valence-corrected chi connectivity index (χ3v) is 5.79. The Morgan fingerprint density at radius 1 is 1.04 bits per heavy atom. The number of rotatable bonds is 2. The lowest BCUT2D eigenvalue weighted by Gasteiger charge is -2.23. The lowest BCUT2D eigenvalue weighted by atomic mass is 9.86. The van der Waals surface area contributed by atoms with Crippen LogP contribution in [0.1, 0.15) is 48.0 Å². The smallest absolute Gasteiger partial charge is 0.151 e. The average molecular weight is 413 g/mol. The third kappa shape index (κ3) is 3.48. The zero-order valence-electron chi connectivity index (χ0n) is 15.4. The number of halogens is 2. The van der Waals surface area contributed by atoms with Crippen molar-refractivity contribution in [2.45, 2.75) is 38.3 Å². The summed E-state index contributed by atoms with van der Waals surface area (Å²) in [6.45, 7) is 1.51. The van der Waals surface area contributed by atoms with Crippen LogP contribution in [0.4, 0.5) is 0 Å². The topological polar surface area (TPSA) is 42.7 Å². The molecule has 0 bridgehead atoms. The molecule has 0 saturated heterocycles. The number of hydrogen-bond donors (Lipinski definition) is 1. The first kappa shape index (κ1) is 19.2. The maximum absolute atomic E-state index is 6.22. The van der Waals surface area contributed by atoms with Gasteiger partial charge in [-0.2, -0.15) is 0 Å². The largest absolute Gasteiger partial charge is 0.306 e. The fourth-order valence-corrected chi connectivity index (χ4v) is 4.37. The molecule has 3 aromatic rings. The monoisotopic (exact) mass is 412 g/mol. The number of fused-ring (bicyclic) bond motifs is 3. The molecule has 2 aliphatic rings. The summed E-state index contributed by atoms with van der Waals surface area (Å²) in [4.78, 5) is 0. The number of benzene rings is 2. The van der Waals surface area contributed by atoms with Gasteiger partial charge in [0.15, 0.2) is 5.82 Å². The molecule has 5 rings (SSSR count). The normalized spacial score (nSPS) is 18.3. The van der Waals surface area contributed by atoms with Gasteiger partial charge in [0.25, 0.3) is 0 Å². The van der Waals surface area contributed by atoms with E-state index in [4.69, 9.17) is 11.6 Å². The van der Waals surface area contributed by atoms with Crippen LogP contribution in [0, 0.1) is 0 Å². The van der Waals surface area contributed by atoms with Gasteiger partial charge in [-0.05, 0) is 54.2 Å². The van der Waals surface area contributed by atoms with E-state index in [0.717, 1.165) is 54.7 Å². The third-order valence-electron chi connectivity index (χ3n) is 5.56. The van der Waals surface area contributed by atoms with E-state index in [-0.39, 0.29) is 12.4 Å². The van der Waals surface area contributed by atoms with Crippen molar-refractivity contribution < 1.29 is 0 Å². The zero-order chi connectivity index (χ0) is 18.2. The van der Waals surface area contributed by atoms with Gasteiger partial charge in [-0.25, -0.2) is 0 Å². The standard InChI is InChI=1S/C22H21ClN4.ClH/c23-19-10-11-20-18(12-19)13-24-14-21-25-26-22(27(20)21)17-8-6-16(7-9-17)15-4-2-1-3-5-15;/h1-6,10-12,17,24H,7-9,13-14H2;1H. The molecule has 1 unspecified atom stereocenters.